The zero-order chi connectivity index (χ0) is 11.3. The van der Waals surface area contributed by atoms with Crippen molar-refractivity contribution in [1.29, 1.82) is 5.26 Å². The van der Waals surface area contributed by atoms with E-state index < -0.39 is 0 Å². The Hall–Kier alpha value is -1.37. The van der Waals surface area contributed by atoms with Crippen LogP contribution in [0, 0.1) is 11.3 Å². The zero-order valence-corrected chi connectivity index (χ0v) is 9.27. The van der Waals surface area contributed by atoms with Gasteiger partial charge in [0.05, 0.1) is 11.6 Å². The Morgan fingerprint density at radius 1 is 1.33 bits per heavy atom. The fourth-order valence-electron chi connectivity index (χ4n) is 1.55. The van der Waals surface area contributed by atoms with E-state index in [1.54, 1.807) is 0 Å². The summed E-state index contributed by atoms with van der Waals surface area (Å²) in [6.45, 7) is 0.875. The van der Waals surface area contributed by atoms with E-state index in [4.69, 9.17) is 11.0 Å². The second-order valence-corrected chi connectivity index (χ2v) is 4.04. The van der Waals surface area contributed by atoms with Gasteiger partial charge >= 0.3 is 0 Å². The fraction of sp³-hybridized carbons (Fsp3) is 0.417. The molecule has 80 valence electrons. The quantitative estimate of drug-likeness (QED) is 0.794. The molecule has 0 radical (unpaired) electrons. The Morgan fingerprint density at radius 2 is 1.93 bits per heavy atom. The minimum Gasteiger partial charge on any atom is -0.326 e. The van der Waals surface area contributed by atoms with Crippen LogP contribution in [0.3, 0.4) is 0 Å². The van der Waals surface area contributed by atoms with Crippen LogP contribution in [0.5, 0.6) is 0 Å². The van der Waals surface area contributed by atoms with Crippen molar-refractivity contribution in [1.82, 2.24) is 4.90 Å². The van der Waals surface area contributed by atoms with Gasteiger partial charge in [0.25, 0.3) is 0 Å². The average molecular weight is 203 g/mol. The summed E-state index contributed by atoms with van der Waals surface area (Å²) < 4.78 is 0. The summed E-state index contributed by atoms with van der Waals surface area (Å²) >= 11 is 0. The van der Waals surface area contributed by atoms with E-state index in [-0.39, 0.29) is 6.04 Å². The molecule has 0 spiro atoms. The smallest absolute Gasteiger partial charge is 0.0991 e. The predicted octanol–water partition coefficient (Wildman–Crippen LogP) is 0.990. The summed E-state index contributed by atoms with van der Waals surface area (Å²) in [5, 5.41) is 8.65. The molecular weight excluding hydrogens is 186 g/mol. The molecule has 3 heteroatoms. The highest BCUT2D eigenvalue weighted by Gasteiger charge is 2.05. The molecular formula is C12H17N3. The van der Waals surface area contributed by atoms with Gasteiger partial charge in [0.1, 0.15) is 0 Å². The first-order valence-corrected chi connectivity index (χ1v) is 5.01. The van der Waals surface area contributed by atoms with Crippen LogP contribution in [0.1, 0.15) is 11.1 Å². The third kappa shape index (κ3) is 4.11. The Kier molecular flexibility index (Phi) is 4.29. The second-order valence-electron chi connectivity index (χ2n) is 4.04. The number of nitrogens with zero attached hydrogens (tertiary/aromatic N) is 2. The maximum absolute atomic E-state index is 8.65. The molecule has 1 aromatic rings. The lowest BCUT2D eigenvalue weighted by molar-refractivity contribution is 0.371. The van der Waals surface area contributed by atoms with Crippen molar-refractivity contribution in [3.63, 3.8) is 0 Å². The van der Waals surface area contributed by atoms with Crippen LogP contribution in [-0.4, -0.2) is 31.6 Å². The van der Waals surface area contributed by atoms with Crippen molar-refractivity contribution in [2.24, 2.45) is 5.73 Å². The molecule has 1 unspecified atom stereocenters. The van der Waals surface area contributed by atoms with E-state index in [1.165, 1.54) is 5.56 Å². The summed E-state index contributed by atoms with van der Waals surface area (Å²) in [4.78, 5) is 2.08. The number of nitrogens with two attached hydrogens (primary N) is 1. The number of rotatable bonds is 4. The third-order valence-electron chi connectivity index (χ3n) is 2.18. The Morgan fingerprint density at radius 3 is 2.40 bits per heavy atom. The molecule has 0 heterocycles. The molecule has 1 rings (SSSR count). The minimum atomic E-state index is 0.146. The van der Waals surface area contributed by atoms with E-state index in [0.717, 1.165) is 13.0 Å². The Bertz CT molecular complexity index is 335. The van der Waals surface area contributed by atoms with Crippen molar-refractivity contribution in [3.8, 4) is 6.07 Å². The fourth-order valence-corrected chi connectivity index (χ4v) is 1.55. The van der Waals surface area contributed by atoms with Gasteiger partial charge in [0.2, 0.25) is 0 Å². The monoisotopic (exact) mass is 203 g/mol. The van der Waals surface area contributed by atoms with Gasteiger partial charge < -0.3 is 10.6 Å². The van der Waals surface area contributed by atoms with Gasteiger partial charge in [-0.25, -0.2) is 0 Å². The highest BCUT2D eigenvalue weighted by molar-refractivity contribution is 5.31. The molecule has 0 aliphatic rings. The molecule has 0 aliphatic heterocycles. The summed E-state index contributed by atoms with van der Waals surface area (Å²) in [6, 6.07) is 9.84. The molecule has 0 aromatic heterocycles. The molecule has 2 N–H and O–H groups in total. The average Bonchev–Trinajstić information content (AvgIpc) is 2.17. The van der Waals surface area contributed by atoms with Crippen molar-refractivity contribution in [2.45, 2.75) is 12.5 Å². The van der Waals surface area contributed by atoms with Crippen LogP contribution in [-0.2, 0) is 6.42 Å². The minimum absolute atomic E-state index is 0.146. The van der Waals surface area contributed by atoms with Gasteiger partial charge in [-0.1, -0.05) is 12.1 Å². The van der Waals surface area contributed by atoms with Crippen molar-refractivity contribution in [3.05, 3.63) is 35.4 Å². The predicted molar refractivity (Wildman–Crippen MR) is 61.4 cm³/mol. The first kappa shape index (κ1) is 11.7. The second kappa shape index (κ2) is 5.50. The molecule has 1 atom stereocenters. The van der Waals surface area contributed by atoms with Gasteiger partial charge in [0.15, 0.2) is 0 Å². The molecule has 0 aliphatic carbocycles. The van der Waals surface area contributed by atoms with Crippen LogP contribution in [0.2, 0.25) is 0 Å². The van der Waals surface area contributed by atoms with Crippen LogP contribution in [0.4, 0.5) is 0 Å². The lowest BCUT2D eigenvalue weighted by atomic mass is 10.0. The van der Waals surface area contributed by atoms with E-state index in [2.05, 4.69) is 11.0 Å². The number of likely N-dealkylation sites (N-methyl/N-ethyl adjacent to an activating group) is 1. The lowest BCUT2D eigenvalue weighted by Crippen LogP contribution is -2.34. The zero-order valence-electron chi connectivity index (χ0n) is 9.27. The maximum Gasteiger partial charge on any atom is 0.0991 e. The topological polar surface area (TPSA) is 53.0 Å². The van der Waals surface area contributed by atoms with E-state index in [9.17, 15) is 0 Å². The SMILES string of the molecule is CN(C)CC(N)Cc1ccc(C#N)cc1. The summed E-state index contributed by atoms with van der Waals surface area (Å²) in [6.07, 6.45) is 0.851. The largest absolute Gasteiger partial charge is 0.326 e. The molecule has 0 saturated heterocycles. The summed E-state index contributed by atoms with van der Waals surface area (Å²) in [5.41, 5.74) is 7.85. The van der Waals surface area contributed by atoms with Gasteiger partial charge in [-0.2, -0.15) is 5.26 Å². The first-order valence-electron chi connectivity index (χ1n) is 5.01. The molecule has 0 fully saturated rings. The highest BCUT2D eigenvalue weighted by Crippen LogP contribution is 2.05. The molecule has 15 heavy (non-hydrogen) atoms. The van der Waals surface area contributed by atoms with E-state index in [1.807, 2.05) is 38.4 Å². The lowest BCUT2D eigenvalue weighted by Gasteiger charge is -2.16. The van der Waals surface area contributed by atoms with E-state index in [0.29, 0.717) is 5.56 Å². The number of hydrogen-bond acceptors (Lipinski definition) is 3. The van der Waals surface area contributed by atoms with Crippen LogP contribution in [0.25, 0.3) is 0 Å². The van der Waals surface area contributed by atoms with Crippen molar-refractivity contribution >= 4 is 0 Å². The highest BCUT2D eigenvalue weighted by atomic mass is 15.1. The normalized spacial score (nSPS) is 12.5. The summed E-state index contributed by atoms with van der Waals surface area (Å²) in [7, 11) is 4.03. The van der Waals surface area contributed by atoms with Crippen LogP contribution >= 0.6 is 0 Å². The molecule has 0 amide bonds. The van der Waals surface area contributed by atoms with Gasteiger partial charge in [-0.05, 0) is 38.2 Å². The molecule has 0 saturated carbocycles. The van der Waals surface area contributed by atoms with Crippen molar-refractivity contribution < 1.29 is 0 Å². The van der Waals surface area contributed by atoms with Gasteiger partial charge in [-0.15, -0.1) is 0 Å². The van der Waals surface area contributed by atoms with E-state index >= 15 is 0 Å². The van der Waals surface area contributed by atoms with Gasteiger partial charge in [-0.3, -0.25) is 0 Å². The van der Waals surface area contributed by atoms with Gasteiger partial charge in [0, 0.05) is 12.6 Å². The maximum atomic E-state index is 8.65. The Labute approximate surface area is 91.1 Å². The van der Waals surface area contributed by atoms with Crippen LogP contribution in [0.15, 0.2) is 24.3 Å². The molecule has 1 aromatic carbocycles. The first-order chi connectivity index (χ1) is 7.11. The molecule has 3 nitrogen and oxygen atoms in total. The number of nitriles is 1. The Balaban J connectivity index is 2.54. The molecule has 0 bridgehead atoms. The standard InChI is InChI=1S/C12H17N3/c1-15(2)9-12(14)7-10-3-5-11(8-13)6-4-10/h3-6,12H,7,9,14H2,1-2H3. The van der Waals surface area contributed by atoms with Crippen molar-refractivity contribution in [2.75, 3.05) is 20.6 Å². The third-order valence-corrected chi connectivity index (χ3v) is 2.18. The summed E-state index contributed by atoms with van der Waals surface area (Å²) in [5.74, 6) is 0. The number of benzene rings is 1. The van der Waals surface area contributed by atoms with Crippen LogP contribution < -0.4 is 5.73 Å². The number of hydrogen-bond donors (Lipinski definition) is 1.